The molecular formula is C23H27NO2S. The molecule has 4 saturated carbocycles. The third-order valence-corrected chi connectivity index (χ3v) is 8.42. The summed E-state index contributed by atoms with van der Waals surface area (Å²) in [6.45, 7) is 1.96. The Hall–Kier alpha value is -1.65. The van der Waals surface area contributed by atoms with Crippen molar-refractivity contribution in [2.24, 2.45) is 22.1 Å². The molecule has 0 amide bonds. The molecule has 1 N–H and O–H groups in total. The van der Waals surface area contributed by atoms with Gasteiger partial charge in [-0.1, -0.05) is 29.8 Å². The van der Waals surface area contributed by atoms with E-state index in [1.807, 2.05) is 31.2 Å². The lowest BCUT2D eigenvalue weighted by Crippen LogP contribution is -2.48. The lowest BCUT2D eigenvalue weighted by atomic mass is 9.48. The van der Waals surface area contributed by atoms with Gasteiger partial charge in [-0.25, -0.2) is 4.21 Å². The van der Waals surface area contributed by atoms with Gasteiger partial charge in [0, 0.05) is 0 Å². The van der Waals surface area contributed by atoms with E-state index >= 15 is 0 Å². The van der Waals surface area contributed by atoms with Gasteiger partial charge < -0.3 is 0 Å². The van der Waals surface area contributed by atoms with E-state index < -0.39 is 10.0 Å². The van der Waals surface area contributed by atoms with E-state index in [-0.39, 0.29) is 0 Å². The van der Waals surface area contributed by atoms with E-state index in [1.54, 1.807) is 12.1 Å². The molecule has 4 heteroatoms. The fourth-order valence-corrected chi connectivity index (χ4v) is 7.25. The second-order valence-electron chi connectivity index (χ2n) is 9.15. The first kappa shape index (κ1) is 17.4. The highest BCUT2D eigenvalue weighted by atomic mass is 32.2. The van der Waals surface area contributed by atoms with Gasteiger partial charge in [-0.15, -0.1) is 0 Å². The van der Waals surface area contributed by atoms with Crippen molar-refractivity contribution in [1.82, 2.24) is 0 Å². The molecular weight excluding hydrogens is 354 g/mol. The highest BCUT2D eigenvalue weighted by Gasteiger charge is 2.51. The van der Waals surface area contributed by atoms with E-state index in [9.17, 15) is 8.76 Å². The average Bonchev–Trinajstić information content (AvgIpc) is 2.61. The summed E-state index contributed by atoms with van der Waals surface area (Å²) in [6.07, 6.45) is 8.31. The Morgan fingerprint density at radius 2 is 1.41 bits per heavy atom. The van der Waals surface area contributed by atoms with Gasteiger partial charge in [0.05, 0.1) is 10.6 Å². The van der Waals surface area contributed by atoms with Crippen LogP contribution in [-0.4, -0.2) is 8.76 Å². The second-order valence-corrected chi connectivity index (χ2v) is 10.8. The number of hydrogen-bond donors (Lipinski definition) is 1. The van der Waals surface area contributed by atoms with Crippen LogP contribution in [0.1, 0.15) is 49.7 Å². The van der Waals surface area contributed by atoms with E-state index in [1.165, 1.54) is 44.1 Å². The minimum Gasteiger partial charge on any atom is -0.296 e. The van der Waals surface area contributed by atoms with Crippen molar-refractivity contribution in [2.45, 2.75) is 55.8 Å². The Labute approximate surface area is 162 Å². The van der Waals surface area contributed by atoms with Crippen LogP contribution in [0.3, 0.4) is 0 Å². The lowest BCUT2D eigenvalue weighted by molar-refractivity contribution is -0.00518. The zero-order valence-corrected chi connectivity index (χ0v) is 16.6. The number of aryl methyl sites for hydroxylation is 1. The summed E-state index contributed by atoms with van der Waals surface area (Å²) in [5, 5.41) is 0. The summed E-state index contributed by atoms with van der Waals surface area (Å²) >= 11 is 0. The fourth-order valence-electron chi connectivity index (χ4n) is 6.25. The van der Waals surface area contributed by atoms with Gasteiger partial charge in [-0.3, -0.25) is 4.55 Å². The number of rotatable bonds is 3. The van der Waals surface area contributed by atoms with Gasteiger partial charge >= 0.3 is 0 Å². The van der Waals surface area contributed by atoms with Crippen LogP contribution >= 0.6 is 0 Å². The molecule has 1 atom stereocenters. The summed E-state index contributed by atoms with van der Waals surface area (Å²) < 4.78 is 27.2. The Balaban J connectivity index is 1.44. The normalized spacial score (nSPS) is 33.6. The first-order valence-corrected chi connectivity index (χ1v) is 11.6. The molecule has 0 radical (unpaired) electrons. The van der Waals surface area contributed by atoms with Crippen LogP contribution in [-0.2, 0) is 15.4 Å². The zero-order valence-electron chi connectivity index (χ0n) is 15.8. The van der Waals surface area contributed by atoms with Crippen molar-refractivity contribution < 1.29 is 8.76 Å². The monoisotopic (exact) mass is 381 g/mol. The molecule has 4 fully saturated rings. The zero-order chi connectivity index (χ0) is 18.6. The Morgan fingerprint density at radius 3 is 1.93 bits per heavy atom. The Morgan fingerprint density at radius 1 is 0.889 bits per heavy atom. The number of nitrogens with zero attached hydrogens (tertiary/aromatic N) is 1. The molecule has 1 unspecified atom stereocenters. The molecule has 2 aromatic carbocycles. The first-order valence-electron chi connectivity index (χ1n) is 10.1. The number of benzene rings is 2. The molecule has 0 heterocycles. The van der Waals surface area contributed by atoms with Crippen molar-refractivity contribution in [3.8, 4) is 0 Å². The van der Waals surface area contributed by atoms with Crippen LogP contribution in [0, 0.1) is 24.7 Å². The quantitative estimate of drug-likeness (QED) is 0.699. The molecule has 6 rings (SSSR count). The van der Waals surface area contributed by atoms with Crippen molar-refractivity contribution in [3.63, 3.8) is 0 Å². The minimum absolute atomic E-state index is 0.352. The van der Waals surface area contributed by atoms with Crippen LogP contribution in [0.5, 0.6) is 0 Å². The van der Waals surface area contributed by atoms with Crippen LogP contribution in [0.2, 0.25) is 0 Å². The maximum absolute atomic E-state index is 12.7. The van der Waals surface area contributed by atoms with Crippen molar-refractivity contribution in [2.75, 3.05) is 0 Å². The molecule has 27 heavy (non-hydrogen) atoms. The van der Waals surface area contributed by atoms with E-state index in [0.717, 1.165) is 23.3 Å². The molecule has 4 bridgehead atoms. The highest BCUT2D eigenvalue weighted by molar-refractivity contribution is 7.88. The fraction of sp³-hybridized carbons (Fsp3) is 0.478. The third-order valence-electron chi connectivity index (χ3n) is 7.08. The molecule has 0 aliphatic heterocycles. The predicted octanol–water partition coefficient (Wildman–Crippen LogP) is 6.09. The van der Waals surface area contributed by atoms with Gasteiger partial charge in [0.25, 0.3) is 0 Å². The molecule has 4 aliphatic carbocycles. The van der Waals surface area contributed by atoms with E-state index in [2.05, 4.69) is 16.5 Å². The largest absolute Gasteiger partial charge is 0.296 e. The highest BCUT2D eigenvalue weighted by Crippen LogP contribution is 2.60. The van der Waals surface area contributed by atoms with Gasteiger partial charge in [0.1, 0.15) is 0 Å². The second kappa shape index (κ2) is 6.18. The summed E-state index contributed by atoms with van der Waals surface area (Å²) in [7, 11) is -3.41. The number of hydrogen-bond acceptors (Lipinski definition) is 2. The SMILES string of the molecule is Cc1ccc(S(=O)(O)=Nc2ccc(C34CC5CC(CC(C5)C3)C4)cc2)cc1. The maximum Gasteiger partial charge on any atom is 0.195 e. The van der Waals surface area contributed by atoms with E-state index in [0.29, 0.717) is 16.0 Å². The molecule has 2 aromatic rings. The molecule has 142 valence electrons. The van der Waals surface area contributed by atoms with E-state index in [4.69, 9.17) is 0 Å². The van der Waals surface area contributed by atoms with Gasteiger partial charge in [-0.2, -0.15) is 4.36 Å². The smallest absolute Gasteiger partial charge is 0.195 e. The molecule has 0 spiro atoms. The molecule has 0 saturated heterocycles. The van der Waals surface area contributed by atoms with Crippen LogP contribution in [0.25, 0.3) is 0 Å². The summed E-state index contributed by atoms with van der Waals surface area (Å²) in [5.74, 6) is 2.75. The van der Waals surface area contributed by atoms with Gasteiger partial charge in [0.15, 0.2) is 10.0 Å². The lowest BCUT2D eigenvalue weighted by Gasteiger charge is -2.57. The molecule has 0 aromatic heterocycles. The van der Waals surface area contributed by atoms with Crippen LogP contribution < -0.4 is 0 Å². The molecule has 4 aliphatic rings. The average molecular weight is 382 g/mol. The van der Waals surface area contributed by atoms with Crippen molar-refractivity contribution >= 4 is 15.7 Å². The van der Waals surface area contributed by atoms with Crippen LogP contribution in [0.15, 0.2) is 57.8 Å². The standard InChI is InChI=1S/C23H27NO2S/c1-16-2-8-22(9-3-16)27(25,26)24-21-6-4-20(5-7-21)23-13-17-10-18(14-23)12-19(11-17)15-23/h2-9,17-19H,10-15H2,1H3,(H,24,25,26). The Bertz CT molecular complexity index is 933. The van der Waals surface area contributed by atoms with Crippen molar-refractivity contribution in [1.29, 1.82) is 0 Å². The van der Waals surface area contributed by atoms with Crippen molar-refractivity contribution in [3.05, 3.63) is 59.7 Å². The topological polar surface area (TPSA) is 49.7 Å². The summed E-state index contributed by atoms with van der Waals surface area (Å²) in [4.78, 5) is 0.360. The van der Waals surface area contributed by atoms with Crippen LogP contribution in [0.4, 0.5) is 5.69 Å². The minimum atomic E-state index is -3.41. The first-order chi connectivity index (χ1) is 12.9. The summed E-state index contributed by atoms with van der Waals surface area (Å²) in [5.41, 5.74) is 3.41. The van der Waals surface area contributed by atoms with Gasteiger partial charge in [0.2, 0.25) is 0 Å². The predicted molar refractivity (Wildman–Crippen MR) is 109 cm³/mol. The maximum atomic E-state index is 12.7. The van der Waals surface area contributed by atoms with Gasteiger partial charge in [-0.05, 0) is 98.4 Å². The third kappa shape index (κ3) is 3.13. The summed E-state index contributed by atoms with van der Waals surface area (Å²) in [6, 6.07) is 15.2. The Kier molecular flexibility index (Phi) is 3.99. The molecule has 3 nitrogen and oxygen atoms in total.